The number of nitrogens with one attached hydrogen (secondary N) is 1. The highest BCUT2D eigenvalue weighted by atomic mass is 32.1. The van der Waals surface area contributed by atoms with E-state index in [1.165, 1.54) is 0 Å². The minimum atomic E-state index is -0.304. The maximum absolute atomic E-state index is 11.6. The van der Waals surface area contributed by atoms with E-state index < -0.39 is 0 Å². The maximum Gasteiger partial charge on any atom is 0.264 e. The van der Waals surface area contributed by atoms with Crippen molar-refractivity contribution in [3.05, 3.63) is 10.6 Å². The van der Waals surface area contributed by atoms with Crippen LogP contribution < -0.4 is 5.32 Å². The fourth-order valence-electron chi connectivity index (χ4n) is 0.895. The van der Waals surface area contributed by atoms with E-state index in [4.69, 9.17) is 5.11 Å². The lowest BCUT2D eigenvalue weighted by molar-refractivity contribution is 0.0914. The van der Waals surface area contributed by atoms with Gasteiger partial charge in [-0.1, -0.05) is 18.3 Å². The number of nitrogens with zero attached hydrogens (tertiary/aromatic N) is 2. The molecule has 15 heavy (non-hydrogen) atoms. The molecule has 1 amide bonds. The van der Waals surface area contributed by atoms with Gasteiger partial charge in [0.05, 0.1) is 5.69 Å². The average molecular weight is 229 g/mol. The molecule has 0 unspecified atom stereocenters. The summed E-state index contributed by atoms with van der Waals surface area (Å²) in [6.07, 6.45) is 0. The highest BCUT2D eigenvalue weighted by Crippen LogP contribution is 2.13. The van der Waals surface area contributed by atoms with E-state index in [1.807, 2.05) is 13.8 Å². The maximum atomic E-state index is 11.6. The van der Waals surface area contributed by atoms with Crippen molar-refractivity contribution in [1.82, 2.24) is 14.9 Å². The zero-order chi connectivity index (χ0) is 11.5. The van der Waals surface area contributed by atoms with E-state index in [1.54, 1.807) is 6.92 Å². The van der Waals surface area contributed by atoms with Gasteiger partial charge in [0.25, 0.3) is 5.91 Å². The number of hydrogen-bond acceptors (Lipinski definition) is 5. The van der Waals surface area contributed by atoms with Crippen molar-refractivity contribution in [3.8, 4) is 0 Å². The molecule has 0 radical (unpaired) electrons. The van der Waals surface area contributed by atoms with Crippen LogP contribution in [0.5, 0.6) is 0 Å². The molecule has 1 aromatic rings. The van der Waals surface area contributed by atoms with Gasteiger partial charge in [0.1, 0.15) is 4.88 Å². The molecule has 0 spiro atoms. The van der Waals surface area contributed by atoms with Crippen molar-refractivity contribution in [1.29, 1.82) is 0 Å². The predicted molar refractivity (Wildman–Crippen MR) is 57.8 cm³/mol. The lowest BCUT2D eigenvalue weighted by Gasteiger charge is -2.21. The molecule has 1 aromatic heterocycles. The zero-order valence-corrected chi connectivity index (χ0v) is 9.89. The Bertz CT molecular complexity index is 349. The third-order valence-corrected chi connectivity index (χ3v) is 2.84. The summed E-state index contributed by atoms with van der Waals surface area (Å²) in [6, 6.07) is 0. The SMILES string of the molecule is Cc1nnsc1C(=O)NCC(C)(C)CO. The van der Waals surface area contributed by atoms with Gasteiger partial charge < -0.3 is 10.4 Å². The van der Waals surface area contributed by atoms with Gasteiger partial charge in [-0.15, -0.1) is 5.10 Å². The van der Waals surface area contributed by atoms with Crippen molar-refractivity contribution in [2.45, 2.75) is 20.8 Å². The van der Waals surface area contributed by atoms with E-state index in [0.717, 1.165) is 11.5 Å². The van der Waals surface area contributed by atoms with E-state index in [9.17, 15) is 4.79 Å². The smallest absolute Gasteiger partial charge is 0.264 e. The van der Waals surface area contributed by atoms with Gasteiger partial charge in [-0.2, -0.15) is 0 Å². The van der Waals surface area contributed by atoms with Gasteiger partial charge in [-0.05, 0) is 18.5 Å². The molecule has 0 fully saturated rings. The van der Waals surface area contributed by atoms with Crippen molar-refractivity contribution >= 4 is 17.4 Å². The van der Waals surface area contributed by atoms with Crippen LogP contribution in [0.4, 0.5) is 0 Å². The van der Waals surface area contributed by atoms with Crippen LogP contribution in [0, 0.1) is 12.3 Å². The molecule has 0 saturated heterocycles. The summed E-state index contributed by atoms with van der Waals surface area (Å²) < 4.78 is 3.69. The van der Waals surface area contributed by atoms with E-state index >= 15 is 0 Å². The number of aryl methyl sites for hydroxylation is 1. The van der Waals surface area contributed by atoms with E-state index in [0.29, 0.717) is 17.1 Å². The first kappa shape index (κ1) is 12.1. The molecular weight excluding hydrogens is 214 g/mol. The molecule has 84 valence electrons. The molecular formula is C9H15N3O2S. The number of aliphatic hydroxyl groups excluding tert-OH is 1. The molecule has 0 aromatic carbocycles. The summed E-state index contributed by atoms with van der Waals surface area (Å²) in [4.78, 5) is 12.2. The Morgan fingerprint density at radius 3 is 2.73 bits per heavy atom. The zero-order valence-electron chi connectivity index (χ0n) is 9.07. The molecule has 0 aliphatic rings. The summed E-state index contributed by atoms with van der Waals surface area (Å²) in [5.41, 5.74) is 0.334. The molecule has 0 saturated carbocycles. The van der Waals surface area contributed by atoms with Crippen molar-refractivity contribution < 1.29 is 9.90 Å². The molecule has 0 atom stereocenters. The first-order chi connectivity index (χ1) is 6.96. The minimum Gasteiger partial charge on any atom is -0.396 e. The van der Waals surface area contributed by atoms with Crippen molar-refractivity contribution in [3.63, 3.8) is 0 Å². The van der Waals surface area contributed by atoms with Crippen LogP contribution in [0.3, 0.4) is 0 Å². The second-order valence-corrected chi connectivity index (χ2v) is 4.95. The highest BCUT2D eigenvalue weighted by molar-refractivity contribution is 7.07. The van der Waals surface area contributed by atoms with E-state index in [-0.39, 0.29) is 17.9 Å². The quantitative estimate of drug-likeness (QED) is 0.792. The topological polar surface area (TPSA) is 75.1 Å². The van der Waals surface area contributed by atoms with Crippen LogP contribution in [0.25, 0.3) is 0 Å². The molecule has 0 bridgehead atoms. The molecule has 1 heterocycles. The molecule has 0 aliphatic heterocycles. The normalized spacial score (nSPS) is 11.5. The van der Waals surface area contributed by atoms with Crippen LogP contribution in [0.1, 0.15) is 29.2 Å². The van der Waals surface area contributed by atoms with Crippen LogP contribution >= 0.6 is 11.5 Å². The number of rotatable bonds is 4. The Labute approximate surface area is 92.7 Å². The van der Waals surface area contributed by atoms with Gasteiger partial charge in [0.15, 0.2) is 0 Å². The number of aliphatic hydroxyl groups is 1. The highest BCUT2D eigenvalue weighted by Gasteiger charge is 2.19. The Kier molecular flexibility index (Phi) is 3.76. The Balaban J connectivity index is 2.55. The number of carbonyl (C=O) groups is 1. The van der Waals surface area contributed by atoms with Gasteiger partial charge >= 0.3 is 0 Å². The Morgan fingerprint density at radius 1 is 1.60 bits per heavy atom. The largest absolute Gasteiger partial charge is 0.396 e. The fourth-order valence-corrected chi connectivity index (χ4v) is 1.47. The minimum absolute atomic E-state index is 0.0349. The van der Waals surface area contributed by atoms with Crippen molar-refractivity contribution in [2.75, 3.05) is 13.2 Å². The number of aromatic nitrogens is 2. The van der Waals surface area contributed by atoms with Crippen LogP contribution in [-0.4, -0.2) is 33.8 Å². The molecule has 0 aliphatic carbocycles. The third kappa shape index (κ3) is 3.24. The monoisotopic (exact) mass is 229 g/mol. The number of amides is 1. The van der Waals surface area contributed by atoms with Crippen LogP contribution in [0.2, 0.25) is 0 Å². The lowest BCUT2D eigenvalue weighted by Crippen LogP contribution is -2.35. The van der Waals surface area contributed by atoms with Crippen LogP contribution in [0.15, 0.2) is 0 Å². The first-order valence-electron chi connectivity index (χ1n) is 4.64. The van der Waals surface area contributed by atoms with Gasteiger partial charge in [0, 0.05) is 18.6 Å². The fraction of sp³-hybridized carbons (Fsp3) is 0.667. The summed E-state index contributed by atoms with van der Waals surface area (Å²) in [7, 11) is 0. The molecule has 5 nitrogen and oxygen atoms in total. The summed E-state index contributed by atoms with van der Waals surface area (Å²) in [5, 5.41) is 15.5. The average Bonchev–Trinajstić information content (AvgIpc) is 2.61. The summed E-state index contributed by atoms with van der Waals surface area (Å²) in [6.45, 7) is 5.97. The number of hydrogen-bond donors (Lipinski definition) is 2. The standard InChI is InChI=1S/C9H15N3O2S/c1-6-7(15-12-11-6)8(14)10-4-9(2,3)5-13/h13H,4-5H2,1-3H3,(H,10,14). The second-order valence-electron chi connectivity index (χ2n) is 4.19. The summed E-state index contributed by atoms with van der Waals surface area (Å²) >= 11 is 1.08. The molecule has 6 heteroatoms. The lowest BCUT2D eigenvalue weighted by atomic mass is 9.95. The number of carbonyl (C=O) groups excluding carboxylic acids is 1. The van der Waals surface area contributed by atoms with Gasteiger partial charge in [0.2, 0.25) is 0 Å². The molecule has 1 rings (SSSR count). The second kappa shape index (κ2) is 4.67. The van der Waals surface area contributed by atoms with Gasteiger partial charge in [-0.25, -0.2) is 0 Å². The molecule has 2 N–H and O–H groups in total. The van der Waals surface area contributed by atoms with Crippen molar-refractivity contribution in [2.24, 2.45) is 5.41 Å². The van der Waals surface area contributed by atoms with Crippen LogP contribution in [-0.2, 0) is 0 Å². The third-order valence-electron chi connectivity index (χ3n) is 2.01. The summed E-state index contributed by atoms with van der Waals surface area (Å²) in [5.74, 6) is -0.177. The Morgan fingerprint density at radius 2 is 2.27 bits per heavy atom. The predicted octanol–water partition coefficient (Wildman–Crippen LogP) is 0.595. The van der Waals surface area contributed by atoms with E-state index in [2.05, 4.69) is 14.9 Å². The van der Waals surface area contributed by atoms with Gasteiger partial charge in [-0.3, -0.25) is 4.79 Å². The first-order valence-corrected chi connectivity index (χ1v) is 5.41. The Hall–Kier alpha value is -1.01.